The van der Waals surface area contributed by atoms with Crippen LogP contribution in [-0.2, 0) is 12.3 Å². The number of oxazole rings is 1. The summed E-state index contributed by atoms with van der Waals surface area (Å²) in [6.07, 6.45) is 3.20. The quantitative estimate of drug-likeness (QED) is 0.266. The number of hydrogen-bond donors (Lipinski definition) is 0. The van der Waals surface area contributed by atoms with Crippen LogP contribution < -0.4 is 5.56 Å². The molecule has 0 bridgehead atoms. The fraction of sp³-hybridized carbons (Fsp3) is 0.105. The Morgan fingerprint density at radius 2 is 2.22 bits per heavy atom. The first-order chi connectivity index (χ1) is 13.2. The molecular weight excluding hydrogens is 385 g/mol. The number of halogens is 1. The van der Waals surface area contributed by atoms with Crippen LogP contribution in [0.3, 0.4) is 0 Å². The average molecular weight is 399 g/mol. The van der Waals surface area contributed by atoms with Gasteiger partial charge in [-0.25, -0.2) is 14.4 Å². The second kappa shape index (κ2) is 7.50. The van der Waals surface area contributed by atoms with Gasteiger partial charge in [0.1, 0.15) is 16.9 Å². The first-order valence-corrected chi connectivity index (χ1v) is 9.94. The maximum Gasteiger partial charge on any atom is 0.263 e. The number of benzene rings is 1. The number of aromatic nitrogens is 3. The summed E-state index contributed by atoms with van der Waals surface area (Å²) in [6.45, 7) is 4.10. The number of thiophene rings is 1. The second-order valence-corrected chi connectivity index (χ2v) is 7.52. The molecule has 27 heavy (non-hydrogen) atoms. The Balaban J connectivity index is 1.59. The molecule has 0 fully saturated rings. The molecule has 3 heterocycles. The van der Waals surface area contributed by atoms with Crippen molar-refractivity contribution in [1.82, 2.24) is 14.5 Å². The Morgan fingerprint density at radius 1 is 1.33 bits per heavy atom. The lowest BCUT2D eigenvalue weighted by molar-refractivity contribution is 0.571. The predicted octanol–water partition coefficient (Wildman–Crippen LogP) is 4.73. The minimum absolute atomic E-state index is 0.0794. The zero-order valence-electron chi connectivity index (χ0n) is 14.1. The van der Waals surface area contributed by atoms with Crippen molar-refractivity contribution in [1.29, 1.82) is 0 Å². The minimum Gasteiger partial charge on any atom is -0.444 e. The molecule has 0 spiro atoms. The summed E-state index contributed by atoms with van der Waals surface area (Å²) in [7, 11) is 0. The predicted molar refractivity (Wildman–Crippen MR) is 106 cm³/mol. The minimum atomic E-state index is -0.344. The standard InChI is InChI=1S/C19H14FN3O2S2/c1-2-7-23-18(24)15-6-8-26-17(15)22-19(23)27-11-14-10-25-16(21-14)12-4-3-5-13(20)9-12/h2-6,8-10H,1,7,11H2. The molecule has 4 rings (SSSR count). The van der Waals surface area contributed by atoms with Crippen LogP contribution in [0.2, 0.25) is 0 Å². The highest BCUT2D eigenvalue weighted by atomic mass is 32.2. The van der Waals surface area contributed by atoms with Crippen LogP contribution in [0.4, 0.5) is 4.39 Å². The van der Waals surface area contributed by atoms with Gasteiger partial charge in [0, 0.05) is 17.9 Å². The summed E-state index contributed by atoms with van der Waals surface area (Å²) >= 11 is 2.83. The fourth-order valence-corrected chi connectivity index (χ4v) is 4.29. The highest BCUT2D eigenvalue weighted by Crippen LogP contribution is 2.26. The summed E-state index contributed by atoms with van der Waals surface area (Å²) in [5.74, 6) is 0.484. The van der Waals surface area contributed by atoms with Gasteiger partial charge in [0.15, 0.2) is 5.16 Å². The first-order valence-electron chi connectivity index (χ1n) is 8.08. The lowest BCUT2D eigenvalue weighted by Crippen LogP contribution is -2.22. The Hall–Kier alpha value is -2.71. The van der Waals surface area contributed by atoms with Gasteiger partial charge in [-0.1, -0.05) is 23.9 Å². The van der Waals surface area contributed by atoms with E-state index in [-0.39, 0.29) is 11.4 Å². The highest BCUT2D eigenvalue weighted by molar-refractivity contribution is 7.98. The number of thioether (sulfide) groups is 1. The van der Waals surface area contributed by atoms with Crippen LogP contribution in [0.15, 0.2) is 69.0 Å². The Kier molecular flexibility index (Phi) is 4.91. The monoisotopic (exact) mass is 399 g/mol. The molecule has 0 atom stereocenters. The number of fused-ring (bicyclic) bond motifs is 1. The van der Waals surface area contributed by atoms with E-state index in [4.69, 9.17) is 4.42 Å². The lowest BCUT2D eigenvalue weighted by atomic mass is 10.2. The first kappa shape index (κ1) is 17.7. The van der Waals surface area contributed by atoms with E-state index in [1.54, 1.807) is 28.8 Å². The van der Waals surface area contributed by atoms with Gasteiger partial charge in [0.05, 0.1) is 11.1 Å². The number of allylic oxidation sites excluding steroid dienone is 1. The Morgan fingerprint density at radius 3 is 3.04 bits per heavy atom. The van der Waals surface area contributed by atoms with Gasteiger partial charge in [0.25, 0.3) is 5.56 Å². The van der Waals surface area contributed by atoms with Crippen molar-refractivity contribution in [3.63, 3.8) is 0 Å². The second-order valence-electron chi connectivity index (χ2n) is 5.68. The fourth-order valence-electron chi connectivity index (χ4n) is 2.60. The average Bonchev–Trinajstić information content (AvgIpc) is 3.32. The van der Waals surface area contributed by atoms with Crippen molar-refractivity contribution in [2.24, 2.45) is 0 Å². The van der Waals surface area contributed by atoms with Gasteiger partial charge in [-0.2, -0.15) is 0 Å². The molecule has 0 saturated heterocycles. The van der Waals surface area contributed by atoms with Crippen LogP contribution >= 0.6 is 23.1 Å². The molecule has 3 aromatic heterocycles. The largest absolute Gasteiger partial charge is 0.444 e. The number of nitrogens with zero attached hydrogens (tertiary/aromatic N) is 3. The molecular formula is C19H14FN3O2S2. The zero-order valence-corrected chi connectivity index (χ0v) is 15.7. The third kappa shape index (κ3) is 3.58. The van der Waals surface area contributed by atoms with Crippen molar-refractivity contribution in [2.75, 3.05) is 0 Å². The SMILES string of the molecule is C=CCn1c(SCc2coc(-c3cccc(F)c3)n2)nc2sccc2c1=O. The molecule has 5 nitrogen and oxygen atoms in total. The van der Waals surface area contributed by atoms with Crippen LogP contribution in [0.5, 0.6) is 0 Å². The molecule has 0 radical (unpaired) electrons. The summed E-state index contributed by atoms with van der Waals surface area (Å²) in [4.78, 5) is 22.3. The highest BCUT2D eigenvalue weighted by Gasteiger charge is 2.13. The molecule has 4 aromatic rings. The summed E-state index contributed by atoms with van der Waals surface area (Å²) in [5.41, 5.74) is 1.18. The number of hydrogen-bond acceptors (Lipinski definition) is 6. The molecule has 1 aromatic carbocycles. The van der Waals surface area contributed by atoms with Crippen molar-refractivity contribution < 1.29 is 8.81 Å². The van der Waals surface area contributed by atoms with E-state index < -0.39 is 0 Å². The van der Waals surface area contributed by atoms with Gasteiger partial charge >= 0.3 is 0 Å². The van der Waals surface area contributed by atoms with Gasteiger partial charge < -0.3 is 4.42 Å². The topological polar surface area (TPSA) is 60.9 Å². The van der Waals surface area contributed by atoms with E-state index in [9.17, 15) is 9.18 Å². The van der Waals surface area contributed by atoms with E-state index in [0.717, 1.165) is 0 Å². The smallest absolute Gasteiger partial charge is 0.263 e. The lowest BCUT2D eigenvalue weighted by Gasteiger charge is -2.09. The van der Waals surface area contributed by atoms with Crippen LogP contribution in [0.1, 0.15) is 5.69 Å². The van der Waals surface area contributed by atoms with Crippen molar-refractivity contribution in [2.45, 2.75) is 17.5 Å². The van der Waals surface area contributed by atoms with E-state index in [0.29, 0.717) is 44.8 Å². The van der Waals surface area contributed by atoms with Crippen molar-refractivity contribution in [3.05, 3.63) is 76.5 Å². The van der Waals surface area contributed by atoms with E-state index >= 15 is 0 Å². The van der Waals surface area contributed by atoms with Gasteiger partial charge in [-0.05, 0) is 29.6 Å². The van der Waals surface area contributed by atoms with E-state index in [1.165, 1.54) is 41.5 Å². The van der Waals surface area contributed by atoms with Crippen LogP contribution in [0.25, 0.3) is 21.7 Å². The normalized spacial score (nSPS) is 11.1. The van der Waals surface area contributed by atoms with Crippen LogP contribution in [0, 0.1) is 5.82 Å². The van der Waals surface area contributed by atoms with E-state index in [1.807, 2.05) is 5.38 Å². The summed E-state index contributed by atoms with van der Waals surface area (Å²) in [5, 5.41) is 3.07. The maximum atomic E-state index is 13.4. The molecule has 0 aliphatic heterocycles. The molecule has 0 aliphatic carbocycles. The molecule has 0 saturated carbocycles. The Bertz CT molecular complexity index is 1180. The van der Waals surface area contributed by atoms with E-state index in [2.05, 4.69) is 16.5 Å². The summed E-state index contributed by atoms with van der Waals surface area (Å²) in [6, 6.07) is 7.87. The maximum absolute atomic E-state index is 13.4. The third-order valence-electron chi connectivity index (χ3n) is 3.83. The Labute approximate surface area is 162 Å². The van der Waals surface area contributed by atoms with Crippen molar-refractivity contribution in [3.8, 4) is 11.5 Å². The van der Waals surface area contributed by atoms with Gasteiger partial charge in [-0.15, -0.1) is 17.9 Å². The molecule has 0 unspecified atom stereocenters. The molecule has 0 aliphatic rings. The number of rotatable bonds is 6. The molecule has 8 heteroatoms. The van der Waals surface area contributed by atoms with Gasteiger partial charge in [0.2, 0.25) is 5.89 Å². The molecule has 136 valence electrons. The third-order valence-corrected chi connectivity index (χ3v) is 5.65. The molecule has 0 N–H and O–H groups in total. The summed E-state index contributed by atoms with van der Waals surface area (Å²) < 4.78 is 20.4. The molecule has 0 amide bonds. The zero-order chi connectivity index (χ0) is 18.8. The van der Waals surface area contributed by atoms with Crippen molar-refractivity contribution >= 4 is 33.3 Å². The van der Waals surface area contributed by atoms with Crippen LogP contribution in [-0.4, -0.2) is 14.5 Å². The van der Waals surface area contributed by atoms with Gasteiger partial charge in [-0.3, -0.25) is 9.36 Å².